The Morgan fingerprint density at radius 2 is 2.00 bits per heavy atom. The van der Waals surface area contributed by atoms with E-state index in [1.165, 1.54) is 30.0 Å². The first kappa shape index (κ1) is 15.0. The Morgan fingerprint density at radius 1 is 1.29 bits per heavy atom. The molecule has 0 fully saturated rings. The second-order valence-corrected chi connectivity index (χ2v) is 5.56. The Bertz CT molecular complexity index is 711. The number of nitrogens with zero attached hydrogens (tertiary/aromatic N) is 2. The summed E-state index contributed by atoms with van der Waals surface area (Å²) in [6.07, 6.45) is 0. The first-order valence-corrected chi connectivity index (χ1v) is 6.83. The van der Waals surface area contributed by atoms with Crippen LogP contribution in [0.5, 0.6) is 0 Å². The zero-order chi connectivity index (χ0) is 15.6. The van der Waals surface area contributed by atoms with Crippen LogP contribution in [0.3, 0.4) is 0 Å². The molecular formula is C14H12N2O4S. The third-order valence-electron chi connectivity index (χ3n) is 2.69. The highest BCUT2D eigenvalue weighted by Crippen LogP contribution is 2.31. The number of benzene rings is 1. The van der Waals surface area contributed by atoms with Crippen LogP contribution in [0, 0.1) is 24.0 Å². The lowest BCUT2D eigenvalue weighted by molar-refractivity contribution is -0.385. The summed E-state index contributed by atoms with van der Waals surface area (Å²) >= 11 is 1.27. The summed E-state index contributed by atoms with van der Waals surface area (Å²) < 4.78 is 0. The van der Waals surface area contributed by atoms with Crippen molar-refractivity contribution in [3.63, 3.8) is 0 Å². The Balaban J connectivity index is 2.39. The highest BCUT2D eigenvalue weighted by molar-refractivity contribution is 7.99. The van der Waals surface area contributed by atoms with Crippen molar-refractivity contribution in [1.29, 1.82) is 0 Å². The predicted molar refractivity (Wildman–Crippen MR) is 77.9 cm³/mol. The van der Waals surface area contributed by atoms with Crippen LogP contribution < -0.4 is 0 Å². The number of rotatable bonds is 4. The summed E-state index contributed by atoms with van der Waals surface area (Å²) in [7, 11) is 0. The van der Waals surface area contributed by atoms with Crippen LogP contribution in [0.25, 0.3) is 0 Å². The number of carboxylic acids is 1. The van der Waals surface area contributed by atoms with Gasteiger partial charge < -0.3 is 5.11 Å². The summed E-state index contributed by atoms with van der Waals surface area (Å²) in [6.45, 7) is 3.81. The van der Waals surface area contributed by atoms with Crippen LogP contribution in [0.15, 0.2) is 40.3 Å². The molecule has 1 aromatic heterocycles. The molecule has 0 saturated carbocycles. The fraction of sp³-hybridized carbons (Fsp3) is 0.143. The van der Waals surface area contributed by atoms with Gasteiger partial charge in [-0.15, -0.1) is 0 Å². The third-order valence-corrected chi connectivity index (χ3v) is 3.60. The maximum absolute atomic E-state index is 11.1. The van der Waals surface area contributed by atoms with Crippen LogP contribution in [0.4, 0.5) is 5.69 Å². The molecule has 0 bridgehead atoms. The van der Waals surface area contributed by atoms with Crippen molar-refractivity contribution in [2.75, 3.05) is 0 Å². The van der Waals surface area contributed by atoms with E-state index >= 15 is 0 Å². The zero-order valence-corrected chi connectivity index (χ0v) is 12.2. The highest BCUT2D eigenvalue weighted by Gasteiger charge is 2.20. The SMILES string of the molecule is Cc1cc(C)nc(Sc2ccc([N+](=O)[O-])c(C(=O)O)c2)c1. The molecule has 0 radical (unpaired) electrons. The van der Waals surface area contributed by atoms with E-state index in [0.29, 0.717) is 4.90 Å². The second kappa shape index (κ2) is 5.92. The number of pyridine rings is 1. The van der Waals surface area contributed by atoms with Gasteiger partial charge >= 0.3 is 5.97 Å². The van der Waals surface area contributed by atoms with Crippen molar-refractivity contribution in [3.05, 3.63) is 57.3 Å². The van der Waals surface area contributed by atoms with E-state index in [1.807, 2.05) is 26.0 Å². The van der Waals surface area contributed by atoms with E-state index in [0.717, 1.165) is 16.3 Å². The average molecular weight is 304 g/mol. The third kappa shape index (κ3) is 3.57. The highest BCUT2D eigenvalue weighted by atomic mass is 32.2. The minimum Gasteiger partial charge on any atom is -0.477 e. The molecule has 21 heavy (non-hydrogen) atoms. The average Bonchev–Trinajstić information content (AvgIpc) is 2.36. The Hall–Kier alpha value is -2.41. The molecule has 0 saturated heterocycles. The predicted octanol–water partition coefficient (Wildman–Crippen LogP) is 3.46. The molecule has 1 heterocycles. The lowest BCUT2D eigenvalue weighted by atomic mass is 10.2. The first-order chi connectivity index (χ1) is 9.86. The fourth-order valence-corrected chi connectivity index (χ4v) is 2.88. The van der Waals surface area contributed by atoms with Gasteiger partial charge in [0.2, 0.25) is 0 Å². The summed E-state index contributed by atoms with van der Waals surface area (Å²) in [4.78, 5) is 26.2. The normalized spacial score (nSPS) is 10.4. The zero-order valence-electron chi connectivity index (χ0n) is 11.4. The quantitative estimate of drug-likeness (QED) is 0.686. The van der Waals surface area contributed by atoms with Crippen LogP contribution in [-0.2, 0) is 0 Å². The van der Waals surface area contributed by atoms with Crippen LogP contribution >= 0.6 is 11.8 Å². The van der Waals surface area contributed by atoms with Crippen molar-refractivity contribution in [2.45, 2.75) is 23.8 Å². The minimum absolute atomic E-state index is 0.325. The molecule has 0 atom stereocenters. The van der Waals surface area contributed by atoms with Crippen molar-refractivity contribution in [3.8, 4) is 0 Å². The number of aromatic carboxylic acids is 1. The van der Waals surface area contributed by atoms with Gasteiger partial charge in [0.25, 0.3) is 5.69 Å². The van der Waals surface area contributed by atoms with E-state index in [2.05, 4.69) is 4.98 Å². The molecule has 0 unspecified atom stereocenters. The number of carboxylic acid groups (broad SMARTS) is 1. The monoisotopic (exact) mass is 304 g/mol. The van der Waals surface area contributed by atoms with Gasteiger partial charge in [0, 0.05) is 16.7 Å². The van der Waals surface area contributed by atoms with Gasteiger partial charge in [0.15, 0.2) is 0 Å². The summed E-state index contributed by atoms with van der Waals surface area (Å²) in [5.74, 6) is -1.32. The minimum atomic E-state index is -1.32. The van der Waals surface area contributed by atoms with E-state index in [-0.39, 0.29) is 5.56 Å². The Kier molecular flexibility index (Phi) is 4.23. The topological polar surface area (TPSA) is 93.3 Å². The van der Waals surface area contributed by atoms with Gasteiger partial charge in [-0.05, 0) is 43.7 Å². The molecule has 0 aliphatic rings. The number of hydrogen-bond acceptors (Lipinski definition) is 5. The molecule has 0 amide bonds. The van der Waals surface area contributed by atoms with Gasteiger partial charge in [-0.2, -0.15) is 0 Å². The number of nitro benzene ring substituents is 1. The molecular weight excluding hydrogens is 292 g/mol. The molecule has 1 aromatic carbocycles. The molecule has 2 rings (SSSR count). The lowest BCUT2D eigenvalue weighted by Crippen LogP contribution is -2.02. The summed E-state index contributed by atoms with van der Waals surface area (Å²) in [5, 5.41) is 20.6. The van der Waals surface area contributed by atoms with Crippen molar-refractivity contribution in [2.24, 2.45) is 0 Å². The molecule has 108 valence electrons. The van der Waals surface area contributed by atoms with Gasteiger partial charge in [-0.1, -0.05) is 11.8 Å². The van der Waals surface area contributed by atoms with Crippen LogP contribution in [0.2, 0.25) is 0 Å². The maximum Gasteiger partial charge on any atom is 0.342 e. The first-order valence-electron chi connectivity index (χ1n) is 6.01. The van der Waals surface area contributed by atoms with Gasteiger partial charge in [-0.3, -0.25) is 10.1 Å². The second-order valence-electron chi connectivity index (χ2n) is 4.47. The summed E-state index contributed by atoms with van der Waals surface area (Å²) in [6, 6.07) is 7.83. The Morgan fingerprint density at radius 3 is 2.57 bits per heavy atom. The number of aryl methyl sites for hydroxylation is 2. The van der Waals surface area contributed by atoms with Crippen LogP contribution in [-0.4, -0.2) is 21.0 Å². The molecule has 0 spiro atoms. The van der Waals surface area contributed by atoms with Gasteiger partial charge in [-0.25, -0.2) is 9.78 Å². The largest absolute Gasteiger partial charge is 0.477 e. The molecule has 0 aliphatic heterocycles. The van der Waals surface area contributed by atoms with E-state index in [1.54, 1.807) is 0 Å². The standard InChI is InChI=1S/C14H12N2O4S/c1-8-5-9(2)15-13(6-8)21-10-3-4-12(16(19)20)11(7-10)14(17)18/h3-7H,1-2H3,(H,17,18). The van der Waals surface area contributed by atoms with Crippen molar-refractivity contribution in [1.82, 2.24) is 4.98 Å². The van der Waals surface area contributed by atoms with E-state index in [9.17, 15) is 14.9 Å². The van der Waals surface area contributed by atoms with Gasteiger partial charge in [0.05, 0.1) is 4.92 Å². The molecule has 7 heteroatoms. The number of aromatic nitrogens is 1. The molecule has 6 nitrogen and oxygen atoms in total. The Labute approximate surface area is 125 Å². The molecule has 1 N–H and O–H groups in total. The van der Waals surface area contributed by atoms with Gasteiger partial charge in [0.1, 0.15) is 10.6 Å². The maximum atomic E-state index is 11.1. The number of hydrogen-bond donors (Lipinski definition) is 1. The summed E-state index contributed by atoms with van der Waals surface area (Å²) in [5.41, 5.74) is 1.16. The number of carbonyl (C=O) groups is 1. The van der Waals surface area contributed by atoms with Crippen LogP contribution in [0.1, 0.15) is 21.6 Å². The fourth-order valence-electron chi connectivity index (χ4n) is 1.89. The number of nitro groups is 1. The smallest absolute Gasteiger partial charge is 0.342 e. The van der Waals surface area contributed by atoms with E-state index in [4.69, 9.17) is 5.11 Å². The molecule has 2 aromatic rings. The lowest BCUT2D eigenvalue weighted by Gasteiger charge is -2.05. The van der Waals surface area contributed by atoms with Crippen molar-refractivity contribution < 1.29 is 14.8 Å². The van der Waals surface area contributed by atoms with E-state index < -0.39 is 16.6 Å². The molecule has 0 aliphatic carbocycles. The van der Waals surface area contributed by atoms with Crippen molar-refractivity contribution >= 4 is 23.4 Å².